The maximum atomic E-state index is 12.1. The molecule has 0 aliphatic heterocycles. The molecular formula is C18H30ClIN4O3S. The van der Waals surface area contributed by atoms with Crippen LogP contribution in [0.25, 0.3) is 0 Å². The molecular weight excluding hydrogens is 515 g/mol. The van der Waals surface area contributed by atoms with Crippen molar-refractivity contribution in [2.24, 2.45) is 4.99 Å². The topological polar surface area (TPSA) is 99.7 Å². The van der Waals surface area contributed by atoms with Crippen LogP contribution in [0.15, 0.2) is 23.2 Å². The number of guanidine groups is 1. The molecule has 3 N–H and O–H groups in total. The van der Waals surface area contributed by atoms with Gasteiger partial charge in [-0.25, -0.2) is 8.42 Å². The van der Waals surface area contributed by atoms with Gasteiger partial charge >= 0.3 is 0 Å². The molecule has 0 saturated heterocycles. The Morgan fingerprint density at radius 3 is 2.57 bits per heavy atom. The van der Waals surface area contributed by atoms with E-state index >= 15 is 0 Å². The number of hydrogen-bond acceptors (Lipinski definition) is 4. The van der Waals surface area contributed by atoms with Crippen molar-refractivity contribution in [2.75, 3.05) is 30.4 Å². The van der Waals surface area contributed by atoms with Crippen LogP contribution in [0.4, 0.5) is 5.69 Å². The molecule has 10 heteroatoms. The van der Waals surface area contributed by atoms with Gasteiger partial charge in [-0.1, -0.05) is 17.7 Å². The molecule has 0 radical (unpaired) electrons. The van der Waals surface area contributed by atoms with Crippen LogP contribution in [0, 0.1) is 6.92 Å². The predicted octanol–water partition coefficient (Wildman–Crippen LogP) is 2.97. The SMILES string of the molecule is CCNC(=NCCC(=O)Nc1ccc(C)cc1Cl)NC(C)CCS(C)(=O)=O.I. The smallest absolute Gasteiger partial charge is 0.226 e. The molecule has 0 bridgehead atoms. The first-order chi connectivity index (χ1) is 12.6. The molecule has 0 aromatic heterocycles. The lowest BCUT2D eigenvalue weighted by Crippen LogP contribution is -2.43. The van der Waals surface area contributed by atoms with Crippen LogP contribution in [0.1, 0.15) is 32.3 Å². The van der Waals surface area contributed by atoms with E-state index in [0.29, 0.717) is 36.2 Å². The Kier molecular flexibility index (Phi) is 12.7. The summed E-state index contributed by atoms with van der Waals surface area (Å²) in [6.45, 7) is 6.71. The number of sulfone groups is 1. The van der Waals surface area contributed by atoms with Crippen LogP contribution in [0.2, 0.25) is 5.02 Å². The summed E-state index contributed by atoms with van der Waals surface area (Å²) >= 11 is 6.11. The molecule has 1 rings (SSSR count). The van der Waals surface area contributed by atoms with Crippen LogP contribution in [-0.4, -0.2) is 51.4 Å². The third-order valence-electron chi connectivity index (χ3n) is 3.66. The average Bonchev–Trinajstić information content (AvgIpc) is 2.55. The zero-order valence-electron chi connectivity index (χ0n) is 16.7. The van der Waals surface area contributed by atoms with Crippen molar-refractivity contribution in [3.05, 3.63) is 28.8 Å². The zero-order valence-corrected chi connectivity index (χ0v) is 20.6. The first kappa shape index (κ1) is 26.9. The maximum absolute atomic E-state index is 12.1. The summed E-state index contributed by atoms with van der Waals surface area (Å²) < 4.78 is 22.5. The molecule has 1 amide bonds. The Balaban J connectivity index is 0.00000729. The summed E-state index contributed by atoms with van der Waals surface area (Å²) in [4.78, 5) is 16.4. The van der Waals surface area contributed by atoms with Crippen LogP contribution >= 0.6 is 35.6 Å². The molecule has 0 aliphatic carbocycles. The van der Waals surface area contributed by atoms with E-state index in [1.54, 1.807) is 12.1 Å². The van der Waals surface area contributed by atoms with E-state index in [1.165, 1.54) is 6.26 Å². The van der Waals surface area contributed by atoms with Gasteiger partial charge in [-0.3, -0.25) is 9.79 Å². The summed E-state index contributed by atoms with van der Waals surface area (Å²) in [6.07, 6.45) is 1.91. The number of aryl methyl sites for hydroxylation is 1. The van der Waals surface area contributed by atoms with E-state index in [0.717, 1.165) is 5.56 Å². The highest BCUT2D eigenvalue weighted by molar-refractivity contribution is 14.0. The third-order valence-corrected chi connectivity index (χ3v) is 4.95. The highest BCUT2D eigenvalue weighted by Gasteiger charge is 2.10. The Labute approximate surface area is 190 Å². The number of amides is 1. The van der Waals surface area contributed by atoms with Crippen LogP contribution in [-0.2, 0) is 14.6 Å². The number of nitrogens with zero attached hydrogens (tertiary/aromatic N) is 1. The summed E-state index contributed by atoms with van der Waals surface area (Å²) in [5.74, 6) is 0.491. The minimum absolute atomic E-state index is 0. The number of carbonyl (C=O) groups is 1. The Hall–Kier alpha value is -1.07. The first-order valence-electron chi connectivity index (χ1n) is 8.89. The summed E-state index contributed by atoms with van der Waals surface area (Å²) in [5.41, 5.74) is 1.60. The van der Waals surface area contributed by atoms with Crippen molar-refractivity contribution >= 4 is 63.0 Å². The number of anilines is 1. The zero-order chi connectivity index (χ0) is 20.4. The third kappa shape index (κ3) is 11.7. The molecule has 28 heavy (non-hydrogen) atoms. The van der Waals surface area contributed by atoms with Gasteiger partial charge in [0.2, 0.25) is 5.91 Å². The number of benzene rings is 1. The minimum atomic E-state index is -3.00. The number of halogens is 2. The molecule has 160 valence electrons. The Bertz CT molecular complexity index is 772. The lowest BCUT2D eigenvalue weighted by Gasteiger charge is -2.17. The fraction of sp³-hybridized carbons (Fsp3) is 0.556. The Morgan fingerprint density at radius 2 is 2.00 bits per heavy atom. The van der Waals surface area contributed by atoms with Gasteiger partial charge in [0.05, 0.1) is 23.0 Å². The number of hydrogen-bond donors (Lipinski definition) is 3. The van der Waals surface area contributed by atoms with Crippen LogP contribution in [0.3, 0.4) is 0 Å². The van der Waals surface area contributed by atoms with E-state index in [2.05, 4.69) is 20.9 Å². The van der Waals surface area contributed by atoms with E-state index in [1.807, 2.05) is 26.8 Å². The van der Waals surface area contributed by atoms with Crippen molar-refractivity contribution < 1.29 is 13.2 Å². The first-order valence-corrected chi connectivity index (χ1v) is 11.3. The molecule has 0 aliphatic rings. The average molecular weight is 545 g/mol. The summed E-state index contributed by atoms with van der Waals surface area (Å²) in [6, 6.07) is 5.39. The fourth-order valence-corrected chi connectivity index (χ4v) is 3.28. The number of aliphatic imine (C=N–C) groups is 1. The Morgan fingerprint density at radius 1 is 1.32 bits per heavy atom. The van der Waals surface area contributed by atoms with E-state index < -0.39 is 9.84 Å². The minimum Gasteiger partial charge on any atom is -0.357 e. The van der Waals surface area contributed by atoms with Crippen LogP contribution < -0.4 is 16.0 Å². The van der Waals surface area contributed by atoms with Crippen LogP contribution in [0.5, 0.6) is 0 Å². The monoisotopic (exact) mass is 544 g/mol. The highest BCUT2D eigenvalue weighted by atomic mass is 127. The van der Waals surface area contributed by atoms with Gasteiger partial charge in [0.25, 0.3) is 0 Å². The van der Waals surface area contributed by atoms with Gasteiger partial charge in [0.1, 0.15) is 9.84 Å². The molecule has 0 saturated carbocycles. The molecule has 1 unspecified atom stereocenters. The quantitative estimate of drug-likeness (QED) is 0.252. The fourth-order valence-electron chi connectivity index (χ4n) is 2.22. The summed E-state index contributed by atoms with van der Waals surface area (Å²) in [5, 5.41) is 9.51. The standard InChI is InChI=1S/C18H29ClN4O3S.HI/c1-5-20-18(22-14(3)9-11-27(4,25)26)21-10-8-17(24)23-16-7-6-13(2)12-15(16)19;/h6-7,12,14H,5,8-11H2,1-4H3,(H,23,24)(H2,20,21,22);1H. The highest BCUT2D eigenvalue weighted by Crippen LogP contribution is 2.22. The van der Waals surface area contributed by atoms with Gasteiger partial charge < -0.3 is 16.0 Å². The van der Waals surface area contributed by atoms with Gasteiger partial charge in [0, 0.05) is 25.3 Å². The lowest BCUT2D eigenvalue weighted by molar-refractivity contribution is -0.116. The van der Waals surface area contributed by atoms with Gasteiger partial charge in [-0.15, -0.1) is 24.0 Å². The molecule has 0 fully saturated rings. The van der Waals surface area contributed by atoms with Crippen molar-refractivity contribution in [3.8, 4) is 0 Å². The van der Waals surface area contributed by atoms with Crippen molar-refractivity contribution in [2.45, 2.75) is 39.7 Å². The molecule has 1 atom stereocenters. The largest absolute Gasteiger partial charge is 0.357 e. The predicted molar refractivity (Wildman–Crippen MR) is 128 cm³/mol. The van der Waals surface area contributed by atoms with Crippen molar-refractivity contribution in [1.29, 1.82) is 0 Å². The van der Waals surface area contributed by atoms with E-state index in [9.17, 15) is 13.2 Å². The van der Waals surface area contributed by atoms with Crippen molar-refractivity contribution in [1.82, 2.24) is 10.6 Å². The molecule has 7 nitrogen and oxygen atoms in total. The summed E-state index contributed by atoms with van der Waals surface area (Å²) in [7, 11) is -3.00. The molecule has 0 spiro atoms. The molecule has 0 heterocycles. The van der Waals surface area contributed by atoms with Crippen molar-refractivity contribution in [3.63, 3.8) is 0 Å². The second-order valence-corrected chi connectivity index (χ2v) is 9.17. The van der Waals surface area contributed by atoms with E-state index in [-0.39, 0.29) is 48.1 Å². The second-order valence-electron chi connectivity index (χ2n) is 6.51. The maximum Gasteiger partial charge on any atom is 0.226 e. The number of carbonyl (C=O) groups excluding carboxylic acids is 1. The normalized spacial score (nSPS) is 12.7. The molecule has 1 aromatic rings. The van der Waals surface area contributed by atoms with Gasteiger partial charge in [-0.2, -0.15) is 0 Å². The second kappa shape index (κ2) is 13.2. The van der Waals surface area contributed by atoms with Gasteiger partial charge in [0.15, 0.2) is 5.96 Å². The molecule has 1 aromatic carbocycles. The number of rotatable bonds is 9. The van der Waals surface area contributed by atoms with E-state index in [4.69, 9.17) is 11.6 Å². The lowest BCUT2D eigenvalue weighted by atomic mass is 10.2. The van der Waals surface area contributed by atoms with Gasteiger partial charge in [-0.05, 0) is 44.9 Å². The number of nitrogens with one attached hydrogen (secondary N) is 3.